The zero-order valence-corrected chi connectivity index (χ0v) is 16.2. The number of amides is 1. The lowest BCUT2D eigenvalue weighted by Gasteiger charge is -2.42. The summed E-state index contributed by atoms with van der Waals surface area (Å²) in [4.78, 5) is 14.1. The van der Waals surface area contributed by atoms with E-state index in [0.29, 0.717) is 12.4 Å². The average Bonchev–Trinajstić information content (AvgIpc) is 3.09. The van der Waals surface area contributed by atoms with E-state index in [2.05, 4.69) is 76.2 Å². The van der Waals surface area contributed by atoms with E-state index in [1.54, 1.807) is 16.4 Å². The molecule has 0 radical (unpaired) electrons. The van der Waals surface area contributed by atoms with Crippen molar-refractivity contribution >= 4 is 40.3 Å². The number of fused-ring (bicyclic) bond motifs is 1. The molecule has 0 saturated carbocycles. The summed E-state index contributed by atoms with van der Waals surface area (Å²) in [6, 6.07) is 7.66. The molecule has 1 amide bonds. The molecule has 2 aromatic rings. The third kappa shape index (κ3) is 2.44. The van der Waals surface area contributed by atoms with Crippen LogP contribution in [0.1, 0.15) is 31.3 Å². The van der Waals surface area contributed by atoms with Crippen LogP contribution in [0.5, 0.6) is 0 Å². The van der Waals surface area contributed by atoms with Gasteiger partial charge in [-0.3, -0.25) is 4.79 Å². The van der Waals surface area contributed by atoms with Crippen LogP contribution < -0.4 is 5.73 Å². The number of tetrazole rings is 1. The number of benzene rings is 1. The van der Waals surface area contributed by atoms with E-state index >= 15 is 0 Å². The normalized spacial score (nSPS) is 27.9. The van der Waals surface area contributed by atoms with Crippen LogP contribution in [0, 0.1) is 3.57 Å². The van der Waals surface area contributed by atoms with Gasteiger partial charge in [0.2, 0.25) is 5.91 Å². The first-order valence-corrected chi connectivity index (χ1v) is 9.60. The third-order valence-electron chi connectivity index (χ3n) is 4.53. The molecule has 7 nitrogen and oxygen atoms in total. The molecule has 2 aliphatic rings. The van der Waals surface area contributed by atoms with Gasteiger partial charge in [0.15, 0.2) is 5.82 Å². The fraction of sp³-hybridized carbons (Fsp3) is 0.467. The number of hydrogen-bond donors (Lipinski definition) is 1. The van der Waals surface area contributed by atoms with E-state index < -0.39 is 6.04 Å². The van der Waals surface area contributed by atoms with Gasteiger partial charge in [0, 0.05) is 8.32 Å². The van der Waals surface area contributed by atoms with E-state index in [0.717, 1.165) is 5.56 Å². The fourth-order valence-electron chi connectivity index (χ4n) is 3.34. The van der Waals surface area contributed by atoms with Crippen LogP contribution in [0.4, 0.5) is 0 Å². The van der Waals surface area contributed by atoms with Gasteiger partial charge in [-0.1, -0.05) is 12.1 Å². The lowest BCUT2D eigenvalue weighted by Crippen LogP contribution is -2.65. The number of aromatic nitrogens is 4. The number of carbonyl (C=O) groups excluding carboxylic acids is 1. The quantitative estimate of drug-likeness (QED) is 0.555. The Bertz CT molecular complexity index is 792. The first kappa shape index (κ1) is 16.3. The third-order valence-corrected chi connectivity index (χ3v) is 6.84. The highest BCUT2D eigenvalue weighted by Gasteiger charge is 2.61. The van der Waals surface area contributed by atoms with Gasteiger partial charge in [-0.2, -0.15) is 0 Å². The van der Waals surface area contributed by atoms with Crippen molar-refractivity contribution in [3.8, 4) is 0 Å². The minimum absolute atomic E-state index is 0.0148. The summed E-state index contributed by atoms with van der Waals surface area (Å²) in [6.07, 6.45) is 0. The van der Waals surface area contributed by atoms with Crippen LogP contribution >= 0.6 is 34.4 Å². The molecule has 3 heterocycles. The van der Waals surface area contributed by atoms with Crippen molar-refractivity contribution in [2.24, 2.45) is 5.73 Å². The Hall–Kier alpha value is -1.20. The van der Waals surface area contributed by atoms with Crippen LogP contribution in [0.2, 0.25) is 0 Å². The van der Waals surface area contributed by atoms with Gasteiger partial charge in [0.05, 0.1) is 6.54 Å². The molecule has 24 heavy (non-hydrogen) atoms. The molecule has 2 saturated heterocycles. The van der Waals surface area contributed by atoms with Crippen LogP contribution in [0.25, 0.3) is 0 Å². The van der Waals surface area contributed by atoms with Gasteiger partial charge in [0.1, 0.15) is 17.5 Å². The molecule has 2 fully saturated rings. The molecule has 1 aromatic heterocycles. The topological polar surface area (TPSA) is 89.9 Å². The summed E-state index contributed by atoms with van der Waals surface area (Å²) in [7, 11) is 0. The van der Waals surface area contributed by atoms with Crippen LogP contribution in [0.3, 0.4) is 0 Å². The number of rotatable bonds is 3. The zero-order valence-electron chi connectivity index (χ0n) is 13.3. The fourth-order valence-corrected chi connectivity index (χ4v) is 5.28. The maximum Gasteiger partial charge on any atom is 0.244 e. The summed E-state index contributed by atoms with van der Waals surface area (Å²) in [5, 5.41) is 12.3. The van der Waals surface area contributed by atoms with E-state index in [4.69, 9.17) is 5.73 Å². The Labute approximate surface area is 157 Å². The van der Waals surface area contributed by atoms with Gasteiger partial charge in [-0.15, -0.1) is 16.9 Å². The number of β-lactam (4-membered cyclic amide) rings is 1. The Balaban J connectivity index is 1.66. The molecule has 2 N–H and O–H groups in total. The molecular weight excluding hydrogens is 439 g/mol. The van der Waals surface area contributed by atoms with Crippen molar-refractivity contribution in [3.63, 3.8) is 0 Å². The summed E-state index contributed by atoms with van der Waals surface area (Å²) in [5.41, 5.74) is 7.07. The van der Waals surface area contributed by atoms with Crippen molar-refractivity contribution in [3.05, 3.63) is 39.2 Å². The first-order valence-electron chi connectivity index (χ1n) is 7.64. The van der Waals surface area contributed by atoms with Crippen molar-refractivity contribution in [1.82, 2.24) is 25.1 Å². The van der Waals surface area contributed by atoms with Crippen LogP contribution in [-0.4, -0.2) is 47.2 Å². The van der Waals surface area contributed by atoms with Gasteiger partial charge in [0.25, 0.3) is 0 Å². The SMILES string of the molecule is CC1(C)S[C@H]2C(N)C(=O)N2C1c1nnnn1Cc1ccc(I)cc1. The molecule has 0 spiro atoms. The Kier molecular flexibility index (Phi) is 3.84. The molecule has 3 atom stereocenters. The van der Waals surface area contributed by atoms with Crippen molar-refractivity contribution in [1.29, 1.82) is 0 Å². The van der Waals surface area contributed by atoms with E-state index in [-0.39, 0.29) is 22.1 Å². The van der Waals surface area contributed by atoms with Crippen LogP contribution in [-0.2, 0) is 11.3 Å². The molecule has 0 bridgehead atoms. The molecule has 2 aliphatic heterocycles. The first-order chi connectivity index (χ1) is 11.4. The zero-order chi connectivity index (χ0) is 17.1. The van der Waals surface area contributed by atoms with E-state index in [1.807, 2.05) is 4.90 Å². The number of hydrogen-bond acceptors (Lipinski definition) is 6. The smallest absolute Gasteiger partial charge is 0.244 e. The summed E-state index contributed by atoms with van der Waals surface area (Å²) in [6.45, 7) is 4.81. The summed E-state index contributed by atoms with van der Waals surface area (Å²) in [5.74, 6) is 0.695. The van der Waals surface area contributed by atoms with Crippen molar-refractivity contribution in [2.75, 3.05) is 0 Å². The van der Waals surface area contributed by atoms with E-state index in [1.165, 1.54) is 3.57 Å². The van der Waals surface area contributed by atoms with Crippen molar-refractivity contribution in [2.45, 2.75) is 42.6 Å². The second-order valence-electron chi connectivity index (χ2n) is 6.61. The number of nitrogens with zero attached hydrogens (tertiary/aromatic N) is 5. The molecular formula is C15H17IN6OS. The van der Waals surface area contributed by atoms with Gasteiger partial charge in [-0.05, 0) is 64.6 Å². The predicted molar refractivity (Wildman–Crippen MR) is 99.1 cm³/mol. The highest BCUT2D eigenvalue weighted by molar-refractivity contribution is 14.1. The highest BCUT2D eigenvalue weighted by atomic mass is 127. The monoisotopic (exact) mass is 456 g/mol. The highest BCUT2D eigenvalue weighted by Crippen LogP contribution is 2.56. The second kappa shape index (κ2) is 5.67. The Morgan fingerprint density at radius 1 is 1.33 bits per heavy atom. The number of carbonyl (C=O) groups is 1. The molecule has 9 heteroatoms. The maximum absolute atomic E-state index is 12.3. The molecule has 126 valence electrons. The average molecular weight is 456 g/mol. The van der Waals surface area contributed by atoms with Crippen molar-refractivity contribution < 1.29 is 4.79 Å². The molecule has 2 unspecified atom stereocenters. The number of nitrogens with two attached hydrogens (primary N) is 1. The lowest BCUT2D eigenvalue weighted by atomic mass is 9.95. The predicted octanol–water partition coefficient (Wildman–Crippen LogP) is 1.39. The minimum Gasteiger partial charge on any atom is -0.317 e. The minimum atomic E-state index is -0.417. The van der Waals surface area contributed by atoms with Gasteiger partial charge >= 0.3 is 0 Å². The Morgan fingerprint density at radius 2 is 2.04 bits per heavy atom. The standard InChI is InChI=1S/C15H17IN6OS/c1-15(2)11(22-13(23)10(17)14(22)24-15)12-18-19-20-21(12)7-8-3-5-9(16)6-4-8/h3-6,10-11,14H,7,17H2,1-2H3/t10?,11?,14-/m0/s1. The molecule has 0 aliphatic carbocycles. The number of thioether (sulfide) groups is 1. The van der Waals surface area contributed by atoms with Gasteiger partial charge < -0.3 is 10.6 Å². The van der Waals surface area contributed by atoms with E-state index in [9.17, 15) is 4.79 Å². The molecule has 1 aromatic carbocycles. The van der Waals surface area contributed by atoms with Gasteiger partial charge in [-0.25, -0.2) is 4.68 Å². The summed E-state index contributed by atoms with van der Waals surface area (Å²) < 4.78 is 2.78. The maximum atomic E-state index is 12.3. The lowest BCUT2D eigenvalue weighted by molar-refractivity contribution is -0.147. The Morgan fingerprint density at radius 3 is 2.75 bits per heavy atom. The largest absolute Gasteiger partial charge is 0.317 e. The van der Waals surface area contributed by atoms with Crippen LogP contribution in [0.15, 0.2) is 24.3 Å². The summed E-state index contributed by atoms with van der Waals surface area (Å²) >= 11 is 4.00. The molecule has 4 rings (SSSR count). The number of halogens is 1. The second-order valence-corrected chi connectivity index (χ2v) is 9.62.